The minimum absolute atomic E-state index is 0.0897. The lowest BCUT2D eigenvalue weighted by Gasteiger charge is -2.29. The molecule has 0 saturated heterocycles. The van der Waals surface area contributed by atoms with E-state index in [-0.39, 0.29) is 23.1 Å². The molecule has 0 unspecified atom stereocenters. The van der Waals surface area contributed by atoms with Crippen LogP contribution in [-0.4, -0.2) is 34.1 Å². The monoisotopic (exact) mass is 437 g/mol. The topological polar surface area (TPSA) is 55.4 Å². The Morgan fingerprint density at radius 1 is 1.14 bits per heavy atom. The van der Waals surface area contributed by atoms with Gasteiger partial charge in [-0.15, -0.1) is 0 Å². The van der Waals surface area contributed by atoms with Crippen LogP contribution in [-0.2, 0) is 9.53 Å². The number of alkyl carbamates (subject to hydrolysis) is 1. The number of hydrogen-bond acceptors (Lipinski definition) is 3. The Morgan fingerprint density at radius 3 is 2.00 bits per heavy atom. The summed E-state index contributed by atoms with van der Waals surface area (Å²) in [5.41, 5.74) is -2.67. The second-order valence-corrected chi connectivity index (χ2v) is 7.48. The number of nitrogens with one attached hydrogen (secondary N) is 1. The second kappa shape index (κ2) is 7.83. The molecule has 0 aliphatic heterocycles. The first-order valence-corrected chi connectivity index (χ1v) is 8.37. The average molecular weight is 437 g/mol. The van der Waals surface area contributed by atoms with Crippen LogP contribution in [0, 0.1) is 5.41 Å². The fraction of sp³-hybridized carbons (Fsp3) is 0.857. The number of ketones is 1. The first-order chi connectivity index (χ1) is 9.69. The summed E-state index contributed by atoms with van der Waals surface area (Å²) < 4.78 is 43.7. The minimum Gasteiger partial charge on any atom is -0.444 e. The molecule has 0 fully saturated rings. The molecule has 8 heteroatoms. The van der Waals surface area contributed by atoms with Gasteiger partial charge < -0.3 is 10.1 Å². The van der Waals surface area contributed by atoms with Gasteiger partial charge in [0.25, 0.3) is 0 Å². The van der Waals surface area contributed by atoms with Crippen LogP contribution in [0.5, 0.6) is 0 Å². The van der Waals surface area contributed by atoms with Crippen molar-refractivity contribution in [2.24, 2.45) is 5.41 Å². The van der Waals surface area contributed by atoms with Gasteiger partial charge in [0.15, 0.2) is 5.78 Å². The molecule has 4 nitrogen and oxygen atoms in total. The van der Waals surface area contributed by atoms with Gasteiger partial charge >= 0.3 is 12.3 Å². The Morgan fingerprint density at radius 2 is 1.64 bits per heavy atom. The zero-order valence-electron chi connectivity index (χ0n) is 13.4. The molecule has 0 radical (unpaired) electrons. The van der Waals surface area contributed by atoms with E-state index in [9.17, 15) is 22.8 Å². The quantitative estimate of drug-likeness (QED) is 0.500. The summed E-state index contributed by atoms with van der Waals surface area (Å²) in [6, 6.07) is -0.978. The zero-order valence-corrected chi connectivity index (χ0v) is 15.6. The van der Waals surface area contributed by atoms with E-state index in [1.165, 1.54) is 0 Å². The molecule has 1 N–H and O–H groups in total. The number of carbonyl (C=O) groups is 2. The molecule has 0 aromatic heterocycles. The summed E-state index contributed by atoms with van der Waals surface area (Å²) in [7, 11) is 0. The number of amides is 1. The van der Waals surface area contributed by atoms with Crippen LogP contribution in [0.4, 0.5) is 18.0 Å². The zero-order chi connectivity index (χ0) is 17.8. The van der Waals surface area contributed by atoms with Gasteiger partial charge in [0, 0.05) is 0 Å². The van der Waals surface area contributed by atoms with Gasteiger partial charge in [-0.2, -0.15) is 13.2 Å². The Balaban J connectivity index is 4.82. The summed E-state index contributed by atoms with van der Waals surface area (Å²) in [4.78, 5) is 23.5. The van der Waals surface area contributed by atoms with E-state index in [2.05, 4.69) is 5.32 Å². The Labute approximate surface area is 142 Å². The van der Waals surface area contributed by atoms with Crippen molar-refractivity contribution in [3.8, 4) is 0 Å². The Kier molecular flexibility index (Phi) is 7.64. The third-order valence-corrected chi connectivity index (χ3v) is 3.79. The van der Waals surface area contributed by atoms with Crippen LogP contribution in [0.15, 0.2) is 0 Å². The summed E-state index contributed by atoms with van der Waals surface area (Å²) in [6.07, 6.45) is -5.52. The number of Topliss-reactive ketones (excluding diaryl/α,β-unsaturated/α-hetero) is 1. The summed E-state index contributed by atoms with van der Waals surface area (Å²) in [5, 5.41) is 2.37. The number of carbonyl (C=O) groups excluding carboxylic acids is 2. The van der Waals surface area contributed by atoms with E-state index in [1.807, 2.05) is 22.6 Å². The highest BCUT2D eigenvalue weighted by Crippen LogP contribution is 2.41. The van der Waals surface area contributed by atoms with E-state index >= 15 is 0 Å². The van der Waals surface area contributed by atoms with Crippen LogP contribution in [0.1, 0.15) is 47.5 Å². The minimum atomic E-state index is -4.36. The van der Waals surface area contributed by atoms with E-state index in [1.54, 1.807) is 20.8 Å². The predicted octanol–water partition coefficient (Wildman–Crippen LogP) is 4.25. The van der Waals surface area contributed by atoms with E-state index < -0.39 is 29.3 Å². The van der Waals surface area contributed by atoms with Gasteiger partial charge in [-0.05, 0) is 33.6 Å². The van der Waals surface area contributed by atoms with Crippen LogP contribution in [0.2, 0.25) is 0 Å². The summed E-state index contributed by atoms with van der Waals surface area (Å²) in [6.45, 7) is 7.13. The molecule has 0 aromatic carbocycles. The van der Waals surface area contributed by atoms with Crippen LogP contribution < -0.4 is 5.32 Å². The standard InChI is InChI=1S/C14H23F3INO3/c1-12(2,3)22-11(21)19-9(10(20)8-18)6-7-13(4,5)14(15,16)17/h9H,6-8H2,1-5H3,(H,19,21)/t9-/m0/s1. The van der Waals surface area contributed by atoms with Crippen molar-refractivity contribution < 1.29 is 27.5 Å². The first kappa shape index (κ1) is 21.5. The third kappa shape index (κ3) is 7.64. The number of halogens is 4. The molecule has 0 aromatic rings. The van der Waals surface area contributed by atoms with Gasteiger partial charge in [0.05, 0.1) is 15.9 Å². The highest BCUT2D eigenvalue weighted by atomic mass is 127. The van der Waals surface area contributed by atoms with Crippen LogP contribution in [0.3, 0.4) is 0 Å². The molecule has 0 rings (SSSR count). The summed E-state index contributed by atoms with van der Waals surface area (Å²) >= 11 is 1.82. The van der Waals surface area contributed by atoms with Crippen molar-refractivity contribution in [2.45, 2.75) is 65.3 Å². The smallest absolute Gasteiger partial charge is 0.408 e. The fourth-order valence-electron chi connectivity index (χ4n) is 1.50. The van der Waals surface area contributed by atoms with Gasteiger partial charge in [-0.25, -0.2) is 4.79 Å². The maximum atomic E-state index is 12.9. The van der Waals surface area contributed by atoms with Crippen LogP contribution >= 0.6 is 22.6 Å². The predicted molar refractivity (Wildman–Crippen MR) is 86.1 cm³/mol. The van der Waals surface area contributed by atoms with E-state index in [0.717, 1.165) is 13.8 Å². The molecule has 0 aliphatic rings. The largest absolute Gasteiger partial charge is 0.444 e. The number of ether oxygens (including phenoxy) is 1. The molecule has 0 bridgehead atoms. The maximum absolute atomic E-state index is 12.9. The number of hydrogen-bond donors (Lipinski definition) is 1. The maximum Gasteiger partial charge on any atom is 0.408 e. The van der Waals surface area contributed by atoms with Crippen molar-refractivity contribution in [2.75, 3.05) is 4.43 Å². The molecular formula is C14H23F3INO3. The van der Waals surface area contributed by atoms with E-state index in [0.29, 0.717) is 0 Å². The molecule has 130 valence electrons. The molecule has 1 atom stereocenters. The highest BCUT2D eigenvalue weighted by molar-refractivity contribution is 14.1. The van der Waals surface area contributed by atoms with Gasteiger partial charge in [0.1, 0.15) is 5.60 Å². The molecule has 0 spiro atoms. The SMILES string of the molecule is CC(C)(C)OC(=O)N[C@@H](CCC(C)(C)C(F)(F)F)C(=O)CI. The Hall–Kier alpha value is -0.540. The number of rotatable bonds is 6. The normalized spacial score (nSPS) is 14.4. The Bertz CT molecular complexity index is 403. The highest BCUT2D eigenvalue weighted by Gasteiger charge is 2.47. The van der Waals surface area contributed by atoms with Gasteiger partial charge in [-0.1, -0.05) is 36.4 Å². The van der Waals surface area contributed by atoms with Gasteiger partial charge in [0.2, 0.25) is 0 Å². The lowest BCUT2D eigenvalue weighted by molar-refractivity contribution is -0.214. The third-order valence-electron chi connectivity index (χ3n) is 3.04. The molecule has 0 aliphatic carbocycles. The molecular weight excluding hydrogens is 414 g/mol. The van der Waals surface area contributed by atoms with Crippen molar-refractivity contribution in [1.29, 1.82) is 0 Å². The summed E-state index contributed by atoms with van der Waals surface area (Å²) in [5.74, 6) is -0.329. The van der Waals surface area contributed by atoms with Crippen molar-refractivity contribution in [3.63, 3.8) is 0 Å². The van der Waals surface area contributed by atoms with E-state index in [4.69, 9.17) is 4.74 Å². The molecule has 0 heterocycles. The fourth-order valence-corrected chi connectivity index (χ4v) is 2.04. The lowest BCUT2D eigenvalue weighted by atomic mass is 9.85. The molecule has 1 amide bonds. The molecule has 0 saturated carbocycles. The van der Waals surface area contributed by atoms with Crippen LogP contribution in [0.25, 0.3) is 0 Å². The number of alkyl halides is 4. The van der Waals surface area contributed by atoms with Gasteiger partial charge in [-0.3, -0.25) is 4.79 Å². The van der Waals surface area contributed by atoms with Crippen molar-refractivity contribution in [1.82, 2.24) is 5.32 Å². The molecule has 22 heavy (non-hydrogen) atoms. The average Bonchev–Trinajstić information content (AvgIpc) is 2.29. The lowest BCUT2D eigenvalue weighted by Crippen LogP contribution is -2.45. The first-order valence-electron chi connectivity index (χ1n) is 6.84. The second-order valence-electron chi connectivity index (χ2n) is 6.72. The van der Waals surface area contributed by atoms with Crippen molar-refractivity contribution in [3.05, 3.63) is 0 Å². The van der Waals surface area contributed by atoms with Crippen molar-refractivity contribution >= 4 is 34.5 Å².